The van der Waals surface area contributed by atoms with Gasteiger partial charge in [-0.05, 0) is 18.2 Å². The van der Waals surface area contributed by atoms with Crippen LogP contribution in [-0.4, -0.2) is 41.1 Å². The molecule has 1 aliphatic rings. The van der Waals surface area contributed by atoms with E-state index >= 15 is 0 Å². The van der Waals surface area contributed by atoms with Gasteiger partial charge >= 0.3 is 0 Å². The van der Waals surface area contributed by atoms with Gasteiger partial charge in [0.2, 0.25) is 5.95 Å². The van der Waals surface area contributed by atoms with Crippen LogP contribution < -0.4 is 15.0 Å². The number of ether oxygens (including phenoxy) is 1. The number of hydrogen-bond donors (Lipinski definition) is 1. The molecular formula is C20H19Cl2N5O. The van der Waals surface area contributed by atoms with E-state index in [-0.39, 0.29) is 0 Å². The maximum Gasteiger partial charge on any atom is 0.225 e. The number of aromatic nitrogens is 3. The summed E-state index contributed by atoms with van der Waals surface area (Å²) in [6.45, 7) is 4.06. The molecule has 3 heterocycles. The fraction of sp³-hybridized carbons (Fsp3) is 0.250. The van der Waals surface area contributed by atoms with Crippen molar-refractivity contribution in [3.8, 4) is 16.9 Å². The predicted octanol–water partition coefficient (Wildman–Crippen LogP) is 3.83. The van der Waals surface area contributed by atoms with Crippen LogP contribution in [-0.2, 0) is 6.61 Å². The highest BCUT2D eigenvalue weighted by Crippen LogP contribution is 2.25. The molecule has 0 bridgehead atoms. The Balaban J connectivity index is 1.45. The molecule has 3 aromatic rings. The first-order valence-corrected chi connectivity index (χ1v) is 9.74. The minimum Gasteiger partial charge on any atom is -0.487 e. The molecule has 4 rings (SSSR count). The number of nitrogens with one attached hydrogen (secondary N) is 1. The van der Waals surface area contributed by atoms with Gasteiger partial charge in [0.15, 0.2) is 0 Å². The highest BCUT2D eigenvalue weighted by atomic mass is 35.5. The summed E-state index contributed by atoms with van der Waals surface area (Å²) in [7, 11) is 0. The molecule has 0 atom stereocenters. The number of pyridine rings is 1. The van der Waals surface area contributed by atoms with Gasteiger partial charge in [0.25, 0.3) is 0 Å². The summed E-state index contributed by atoms with van der Waals surface area (Å²) < 4.78 is 5.85. The molecule has 0 aliphatic carbocycles. The molecule has 0 spiro atoms. The van der Waals surface area contributed by atoms with Crippen LogP contribution >= 0.6 is 23.2 Å². The zero-order chi connectivity index (χ0) is 19.3. The second-order valence-electron chi connectivity index (χ2n) is 6.44. The molecule has 1 saturated heterocycles. The van der Waals surface area contributed by atoms with Gasteiger partial charge in [0.05, 0.1) is 6.20 Å². The summed E-state index contributed by atoms with van der Waals surface area (Å²) in [5, 5.41) is 4.50. The van der Waals surface area contributed by atoms with E-state index in [4.69, 9.17) is 27.9 Å². The van der Waals surface area contributed by atoms with Gasteiger partial charge in [-0.3, -0.25) is 4.98 Å². The number of nitrogens with zero attached hydrogens (tertiary/aromatic N) is 4. The molecule has 0 saturated carbocycles. The third kappa shape index (κ3) is 4.52. The summed E-state index contributed by atoms with van der Waals surface area (Å²) in [6.07, 6.45) is 7.08. The van der Waals surface area contributed by atoms with Crippen LogP contribution in [0.25, 0.3) is 11.1 Å². The standard InChI is InChI=1S/C20H19Cl2N5O/c21-17-2-1-14(19(22)8-17)13-28-18-7-15(9-24-12-18)16-10-25-20(26-11-16)27-5-3-23-4-6-27/h1-2,7-12,23H,3-6,13H2. The first kappa shape index (κ1) is 18.9. The highest BCUT2D eigenvalue weighted by Gasteiger charge is 2.13. The van der Waals surface area contributed by atoms with Crippen molar-refractivity contribution in [1.29, 1.82) is 0 Å². The topological polar surface area (TPSA) is 63.2 Å². The van der Waals surface area contributed by atoms with Gasteiger partial charge in [-0.25, -0.2) is 9.97 Å². The van der Waals surface area contributed by atoms with E-state index in [1.54, 1.807) is 24.5 Å². The number of piperazine rings is 1. The van der Waals surface area contributed by atoms with E-state index in [9.17, 15) is 0 Å². The van der Waals surface area contributed by atoms with Crippen molar-refractivity contribution in [3.63, 3.8) is 0 Å². The zero-order valence-corrected chi connectivity index (χ0v) is 16.6. The van der Waals surface area contributed by atoms with E-state index in [1.165, 1.54) is 0 Å². The lowest BCUT2D eigenvalue weighted by molar-refractivity contribution is 0.305. The Labute approximate surface area is 173 Å². The van der Waals surface area contributed by atoms with E-state index in [0.717, 1.165) is 48.8 Å². The molecule has 1 fully saturated rings. The van der Waals surface area contributed by atoms with Crippen molar-refractivity contribution in [2.75, 3.05) is 31.1 Å². The average Bonchev–Trinajstić information content (AvgIpc) is 2.74. The first-order valence-electron chi connectivity index (χ1n) is 8.99. The van der Waals surface area contributed by atoms with E-state index < -0.39 is 0 Å². The Morgan fingerprint density at radius 3 is 2.50 bits per heavy atom. The molecule has 1 aliphatic heterocycles. The number of hydrogen-bond acceptors (Lipinski definition) is 6. The van der Waals surface area contributed by atoms with Crippen molar-refractivity contribution < 1.29 is 4.74 Å². The molecule has 8 heteroatoms. The molecule has 6 nitrogen and oxygen atoms in total. The fourth-order valence-corrected chi connectivity index (χ4v) is 3.42. The zero-order valence-electron chi connectivity index (χ0n) is 15.1. The number of rotatable bonds is 5. The molecule has 0 unspecified atom stereocenters. The maximum absolute atomic E-state index is 6.20. The second-order valence-corrected chi connectivity index (χ2v) is 7.29. The lowest BCUT2D eigenvalue weighted by atomic mass is 10.1. The van der Waals surface area contributed by atoms with Crippen LogP contribution in [0.5, 0.6) is 5.75 Å². The molecule has 0 radical (unpaired) electrons. The van der Waals surface area contributed by atoms with Gasteiger partial charge in [-0.1, -0.05) is 29.3 Å². The number of benzene rings is 1. The van der Waals surface area contributed by atoms with Crippen molar-refractivity contribution in [2.24, 2.45) is 0 Å². The monoisotopic (exact) mass is 415 g/mol. The normalized spacial score (nSPS) is 14.1. The highest BCUT2D eigenvalue weighted by molar-refractivity contribution is 6.35. The first-order chi connectivity index (χ1) is 13.7. The van der Waals surface area contributed by atoms with Crippen LogP contribution in [0, 0.1) is 0 Å². The largest absolute Gasteiger partial charge is 0.487 e. The van der Waals surface area contributed by atoms with Crippen LogP contribution in [0.4, 0.5) is 5.95 Å². The molecule has 1 aromatic carbocycles. The summed E-state index contributed by atoms with van der Waals surface area (Å²) in [6, 6.07) is 7.26. The summed E-state index contributed by atoms with van der Waals surface area (Å²) in [4.78, 5) is 15.5. The van der Waals surface area contributed by atoms with Crippen LogP contribution in [0.15, 0.2) is 49.1 Å². The van der Waals surface area contributed by atoms with Gasteiger partial charge in [-0.15, -0.1) is 0 Å². The van der Waals surface area contributed by atoms with Crippen molar-refractivity contribution >= 4 is 29.2 Å². The molecule has 28 heavy (non-hydrogen) atoms. The second kappa shape index (κ2) is 8.73. The van der Waals surface area contributed by atoms with E-state index in [1.807, 2.05) is 24.5 Å². The molecule has 1 N–H and O–H groups in total. The predicted molar refractivity (Wildman–Crippen MR) is 111 cm³/mol. The summed E-state index contributed by atoms with van der Waals surface area (Å²) in [5.74, 6) is 1.40. The minimum atomic E-state index is 0.333. The Bertz CT molecular complexity index is 946. The van der Waals surface area contributed by atoms with E-state index in [2.05, 4.69) is 25.2 Å². The SMILES string of the molecule is Clc1ccc(COc2cncc(-c3cnc(N4CCNCC4)nc3)c2)c(Cl)c1. The smallest absolute Gasteiger partial charge is 0.225 e. The molecule has 144 valence electrons. The Kier molecular flexibility index (Phi) is 5.90. The Morgan fingerprint density at radius 2 is 1.75 bits per heavy atom. The average molecular weight is 416 g/mol. The quantitative estimate of drug-likeness (QED) is 0.682. The molecular weight excluding hydrogens is 397 g/mol. The summed E-state index contributed by atoms with van der Waals surface area (Å²) in [5.41, 5.74) is 2.65. The van der Waals surface area contributed by atoms with Crippen molar-refractivity contribution in [2.45, 2.75) is 6.61 Å². The third-order valence-corrected chi connectivity index (χ3v) is 5.08. The molecule has 0 amide bonds. The minimum absolute atomic E-state index is 0.333. The maximum atomic E-state index is 6.20. The van der Waals surface area contributed by atoms with Gasteiger partial charge < -0.3 is 15.0 Å². The fourth-order valence-electron chi connectivity index (χ4n) is 2.95. The lowest BCUT2D eigenvalue weighted by Crippen LogP contribution is -2.44. The van der Waals surface area contributed by atoms with Gasteiger partial charge in [0, 0.05) is 71.5 Å². The van der Waals surface area contributed by atoms with Gasteiger partial charge in [0.1, 0.15) is 12.4 Å². The lowest BCUT2D eigenvalue weighted by Gasteiger charge is -2.27. The number of anilines is 1. The molecule has 2 aromatic heterocycles. The van der Waals surface area contributed by atoms with Crippen molar-refractivity contribution in [3.05, 3.63) is 64.7 Å². The van der Waals surface area contributed by atoms with Crippen molar-refractivity contribution in [1.82, 2.24) is 20.3 Å². The Morgan fingerprint density at radius 1 is 0.964 bits per heavy atom. The van der Waals surface area contributed by atoms with Gasteiger partial charge in [-0.2, -0.15) is 0 Å². The third-order valence-electron chi connectivity index (χ3n) is 4.49. The summed E-state index contributed by atoms with van der Waals surface area (Å²) >= 11 is 12.1. The Hall–Kier alpha value is -2.41. The van der Waals surface area contributed by atoms with Crippen LogP contribution in [0.3, 0.4) is 0 Å². The van der Waals surface area contributed by atoms with Crippen LogP contribution in [0.1, 0.15) is 5.56 Å². The number of halogens is 2. The van der Waals surface area contributed by atoms with Crippen LogP contribution in [0.2, 0.25) is 10.0 Å². The van der Waals surface area contributed by atoms with E-state index in [0.29, 0.717) is 22.4 Å².